The molecule has 1 saturated heterocycles. The van der Waals surface area contributed by atoms with Crippen molar-refractivity contribution in [3.05, 3.63) is 23.8 Å². The number of thioether (sulfide) groups is 1. The number of hydrogen-bond donors (Lipinski definition) is 1. The summed E-state index contributed by atoms with van der Waals surface area (Å²) in [6.07, 6.45) is 0.208. The van der Waals surface area contributed by atoms with Gasteiger partial charge in [-0.1, -0.05) is 6.07 Å². The maximum atomic E-state index is 11.0. The Hall–Kier alpha value is -1.36. The Kier molecular flexibility index (Phi) is 4.01. The highest BCUT2D eigenvalue weighted by Gasteiger charge is 2.23. The van der Waals surface area contributed by atoms with Crippen LogP contribution in [0.15, 0.2) is 18.2 Å². The SMILES string of the molecule is COc1ccc(C(C)C(=O)O)cc1OC1CSC1. The number of methoxy groups -OCH3 is 1. The highest BCUT2D eigenvalue weighted by Crippen LogP contribution is 2.34. The molecule has 4 nitrogen and oxygen atoms in total. The molecule has 18 heavy (non-hydrogen) atoms. The summed E-state index contributed by atoms with van der Waals surface area (Å²) >= 11 is 1.83. The molecule has 1 unspecified atom stereocenters. The average molecular weight is 268 g/mol. The minimum absolute atomic E-state index is 0.208. The van der Waals surface area contributed by atoms with Crippen molar-refractivity contribution in [2.24, 2.45) is 0 Å². The Balaban J connectivity index is 2.23. The third-order valence-electron chi connectivity index (χ3n) is 2.96. The van der Waals surface area contributed by atoms with Gasteiger partial charge in [0.2, 0.25) is 0 Å². The van der Waals surface area contributed by atoms with E-state index in [1.807, 2.05) is 11.8 Å². The van der Waals surface area contributed by atoms with Crippen molar-refractivity contribution in [2.45, 2.75) is 18.9 Å². The number of rotatable bonds is 5. The topological polar surface area (TPSA) is 55.8 Å². The molecule has 0 radical (unpaired) electrons. The van der Waals surface area contributed by atoms with Crippen LogP contribution in [0.3, 0.4) is 0 Å². The van der Waals surface area contributed by atoms with Gasteiger partial charge in [0.25, 0.3) is 0 Å². The number of carboxylic acid groups (broad SMARTS) is 1. The molecule has 1 atom stereocenters. The van der Waals surface area contributed by atoms with Crippen LogP contribution in [-0.2, 0) is 4.79 Å². The van der Waals surface area contributed by atoms with Crippen LogP contribution in [0.1, 0.15) is 18.4 Å². The fraction of sp³-hybridized carbons (Fsp3) is 0.462. The maximum Gasteiger partial charge on any atom is 0.310 e. The van der Waals surface area contributed by atoms with Gasteiger partial charge in [0, 0.05) is 11.5 Å². The minimum Gasteiger partial charge on any atom is -0.493 e. The van der Waals surface area contributed by atoms with Crippen LogP contribution >= 0.6 is 11.8 Å². The molecule has 2 rings (SSSR count). The van der Waals surface area contributed by atoms with Gasteiger partial charge in [-0.2, -0.15) is 11.8 Å². The van der Waals surface area contributed by atoms with Gasteiger partial charge in [0.1, 0.15) is 6.10 Å². The number of carbonyl (C=O) groups is 1. The summed E-state index contributed by atoms with van der Waals surface area (Å²) in [7, 11) is 1.58. The maximum absolute atomic E-state index is 11.0. The van der Waals surface area contributed by atoms with Gasteiger partial charge in [-0.15, -0.1) is 0 Å². The molecule has 1 N–H and O–H groups in total. The van der Waals surface area contributed by atoms with E-state index in [9.17, 15) is 4.79 Å². The van der Waals surface area contributed by atoms with E-state index in [0.29, 0.717) is 11.5 Å². The Morgan fingerprint density at radius 3 is 2.67 bits per heavy atom. The Morgan fingerprint density at radius 1 is 1.44 bits per heavy atom. The molecule has 0 spiro atoms. The third-order valence-corrected chi connectivity index (χ3v) is 4.17. The zero-order valence-electron chi connectivity index (χ0n) is 10.4. The van der Waals surface area contributed by atoms with Crippen LogP contribution in [0.5, 0.6) is 11.5 Å². The second-order valence-corrected chi connectivity index (χ2v) is 5.32. The van der Waals surface area contributed by atoms with Crippen molar-refractivity contribution in [1.29, 1.82) is 0 Å². The third kappa shape index (κ3) is 2.72. The Labute approximate surface area is 110 Å². The molecule has 0 bridgehead atoms. The average Bonchev–Trinajstić information content (AvgIpc) is 2.32. The monoisotopic (exact) mass is 268 g/mol. The fourth-order valence-corrected chi connectivity index (χ4v) is 2.22. The number of ether oxygens (including phenoxy) is 2. The van der Waals surface area contributed by atoms with E-state index in [-0.39, 0.29) is 6.10 Å². The Bertz CT molecular complexity index is 443. The van der Waals surface area contributed by atoms with Gasteiger partial charge >= 0.3 is 5.97 Å². The molecule has 0 saturated carbocycles. The fourth-order valence-electron chi connectivity index (χ4n) is 1.66. The molecular weight excluding hydrogens is 252 g/mol. The van der Waals surface area contributed by atoms with E-state index < -0.39 is 11.9 Å². The van der Waals surface area contributed by atoms with Gasteiger partial charge in [-0.3, -0.25) is 4.79 Å². The minimum atomic E-state index is -0.842. The molecule has 1 aliphatic heterocycles. The standard InChI is InChI=1S/C13H16O4S/c1-8(13(14)15)9-3-4-11(16-2)12(5-9)17-10-6-18-7-10/h3-5,8,10H,6-7H2,1-2H3,(H,14,15). The molecule has 5 heteroatoms. The summed E-state index contributed by atoms with van der Waals surface area (Å²) in [5.41, 5.74) is 0.727. The molecule has 1 heterocycles. The highest BCUT2D eigenvalue weighted by molar-refractivity contribution is 8.00. The second kappa shape index (κ2) is 5.52. The molecule has 0 aliphatic carbocycles. The second-order valence-electron chi connectivity index (χ2n) is 4.25. The summed E-state index contributed by atoms with van der Waals surface area (Å²) in [4.78, 5) is 11.0. The number of benzene rings is 1. The van der Waals surface area contributed by atoms with Crippen molar-refractivity contribution < 1.29 is 19.4 Å². The van der Waals surface area contributed by atoms with E-state index in [0.717, 1.165) is 17.1 Å². The molecule has 1 aromatic carbocycles. The van der Waals surface area contributed by atoms with Crippen molar-refractivity contribution in [3.63, 3.8) is 0 Å². The first-order chi connectivity index (χ1) is 8.61. The summed E-state index contributed by atoms with van der Waals surface area (Å²) < 4.78 is 11.0. The normalized spacial score (nSPS) is 16.8. The van der Waals surface area contributed by atoms with E-state index in [2.05, 4.69) is 0 Å². The van der Waals surface area contributed by atoms with Crippen LogP contribution in [0, 0.1) is 0 Å². The number of aliphatic carboxylic acids is 1. The Morgan fingerprint density at radius 2 is 2.17 bits per heavy atom. The molecule has 0 amide bonds. The quantitative estimate of drug-likeness (QED) is 0.888. The molecular formula is C13H16O4S. The van der Waals surface area contributed by atoms with Crippen molar-refractivity contribution >= 4 is 17.7 Å². The number of carboxylic acids is 1. The molecule has 1 fully saturated rings. The lowest BCUT2D eigenvalue weighted by atomic mass is 10.0. The van der Waals surface area contributed by atoms with Gasteiger partial charge in [-0.05, 0) is 24.6 Å². The lowest BCUT2D eigenvalue weighted by molar-refractivity contribution is -0.138. The first-order valence-corrected chi connectivity index (χ1v) is 6.92. The van der Waals surface area contributed by atoms with Gasteiger partial charge < -0.3 is 14.6 Å². The highest BCUT2D eigenvalue weighted by atomic mass is 32.2. The molecule has 98 valence electrons. The summed E-state index contributed by atoms with van der Waals surface area (Å²) in [6.45, 7) is 1.66. The van der Waals surface area contributed by atoms with Crippen molar-refractivity contribution in [3.8, 4) is 11.5 Å². The van der Waals surface area contributed by atoms with Crippen LogP contribution in [0.2, 0.25) is 0 Å². The van der Waals surface area contributed by atoms with Crippen LogP contribution in [0.25, 0.3) is 0 Å². The summed E-state index contributed by atoms with van der Waals surface area (Å²) in [6, 6.07) is 5.29. The predicted octanol–water partition coefficient (Wildman–Crippen LogP) is 2.38. The van der Waals surface area contributed by atoms with Crippen LogP contribution in [0.4, 0.5) is 0 Å². The summed E-state index contributed by atoms with van der Waals surface area (Å²) in [5, 5.41) is 9.02. The van der Waals surface area contributed by atoms with E-state index in [1.54, 1.807) is 32.2 Å². The van der Waals surface area contributed by atoms with Crippen molar-refractivity contribution in [2.75, 3.05) is 18.6 Å². The predicted molar refractivity (Wildman–Crippen MR) is 70.8 cm³/mol. The smallest absolute Gasteiger partial charge is 0.310 e. The van der Waals surface area contributed by atoms with Gasteiger partial charge in [0.15, 0.2) is 11.5 Å². The first-order valence-electron chi connectivity index (χ1n) is 5.77. The van der Waals surface area contributed by atoms with Crippen LogP contribution < -0.4 is 9.47 Å². The molecule has 1 aliphatic rings. The largest absolute Gasteiger partial charge is 0.493 e. The van der Waals surface area contributed by atoms with Crippen LogP contribution in [-0.4, -0.2) is 35.8 Å². The molecule has 0 aromatic heterocycles. The number of hydrogen-bond acceptors (Lipinski definition) is 4. The molecule has 1 aromatic rings. The van der Waals surface area contributed by atoms with Gasteiger partial charge in [0.05, 0.1) is 13.0 Å². The lowest BCUT2D eigenvalue weighted by Crippen LogP contribution is -2.31. The van der Waals surface area contributed by atoms with Gasteiger partial charge in [-0.25, -0.2) is 0 Å². The summed E-state index contributed by atoms with van der Waals surface area (Å²) in [5.74, 6) is 1.84. The zero-order chi connectivity index (χ0) is 13.1. The van der Waals surface area contributed by atoms with E-state index in [1.165, 1.54) is 0 Å². The zero-order valence-corrected chi connectivity index (χ0v) is 11.2. The van der Waals surface area contributed by atoms with Crippen molar-refractivity contribution in [1.82, 2.24) is 0 Å². The lowest BCUT2D eigenvalue weighted by Gasteiger charge is -2.27. The van der Waals surface area contributed by atoms with E-state index >= 15 is 0 Å². The van der Waals surface area contributed by atoms with E-state index in [4.69, 9.17) is 14.6 Å². The first kappa shape index (κ1) is 13.1.